The van der Waals surface area contributed by atoms with Crippen molar-refractivity contribution in [3.63, 3.8) is 0 Å². The Morgan fingerprint density at radius 1 is 1.29 bits per heavy atom. The zero-order chi connectivity index (χ0) is 15.0. The fourth-order valence-electron chi connectivity index (χ4n) is 2.42. The molecule has 0 fully saturated rings. The Bertz CT molecular complexity index is 795. The van der Waals surface area contributed by atoms with E-state index < -0.39 is 10.0 Å². The summed E-state index contributed by atoms with van der Waals surface area (Å²) in [7, 11) is -3.63. The molecule has 0 aliphatic carbocycles. The van der Waals surface area contributed by atoms with Gasteiger partial charge in [0.2, 0.25) is 0 Å². The van der Waals surface area contributed by atoms with Crippen LogP contribution in [0.25, 0.3) is 0 Å². The summed E-state index contributed by atoms with van der Waals surface area (Å²) in [6, 6.07) is 9.07. The van der Waals surface area contributed by atoms with Crippen LogP contribution in [0.3, 0.4) is 0 Å². The van der Waals surface area contributed by atoms with Crippen LogP contribution in [0, 0.1) is 0 Å². The second-order valence-electron chi connectivity index (χ2n) is 4.75. The lowest BCUT2D eigenvalue weighted by Crippen LogP contribution is -2.35. The van der Waals surface area contributed by atoms with Gasteiger partial charge < -0.3 is 0 Å². The Labute approximate surface area is 136 Å². The maximum absolute atomic E-state index is 12.8. The zero-order valence-electron chi connectivity index (χ0n) is 11.0. The maximum Gasteiger partial charge on any atom is 0.265 e. The number of aryl methyl sites for hydroxylation is 1. The van der Waals surface area contributed by atoms with Gasteiger partial charge in [0, 0.05) is 12.7 Å². The van der Waals surface area contributed by atoms with Gasteiger partial charge in [-0.05, 0) is 46.5 Å². The predicted octanol–water partition coefficient (Wildman–Crippen LogP) is 3.64. The molecule has 7 heteroatoms. The molecule has 0 spiro atoms. The summed E-state index contributed by atoms with van der Waals surface area (Å²) in [6.45, 7) is 0.472. The van der Waals surface area contributed by atoms with Gasteiger partial charge in [0.15, 0.2) is 0 Å². The largest absolute Gasteiger partial charge is 0.266 e. The van der Waals surface area contributed by atoms with Crippen molar-refractivity contribution in [1.82, 2.24) is 4.98 Å². The normalized spacial score (nSPS) is 14.9. The van der Waals surface area contributed by atoms with Gasteiger partial charge in [0.25, 0.3) is 10.0 Å². The van der Waals surface area contributed by atoms with Crippen LogP contribution in [0.1, 0.15) is 12.0 Å². The van der Waals surface area contributed by atoms with Crippen LogP contribution in [0.4, 0.5) is 5.69 Å². The number of nitrogens with zero attached hydrogens (tertiary/aromatic N) is 2. The summed E-state index contributed by atoms with van der Waals surface area (Å²) < 4.78 is 27.6. The first kappa shape index (κ1) is 14.8. The molecule has 0 radical (unpaired) electrons. The van der Waals surface area contributed by atoms with Crippen LogP contribution in [0.2, 0.25) is 5.15 Å². The molecule has 2 aromatic rings. The van der Waals surface area contributed by atoms with E-state index >= 15 is 0 Å². The highest BCUT2D eigenvalue weighted by Crippen LogP contribution is 2.32. The Hall–Kier alpha value is -1.11. The number of sulfonamides is 1. The smallest absolute Gasteiger partial charge is 0.265 e. The summed E-state index contributed by atoms with van der Waals surface area (Å²) in [5.74, 6) is 0. The molecule has 110 valence electrons. The molecule has 1 aliphatic rings. The quantitative estimate of drug-likeness (QED) is 0.739. The van der Waals surface area contributed by atoms with Gasteiger partial charge in [-0.25, -0.2) is 13.4 Å². The van der Waals surface area contributed by atoms with Crippen molar-refractivity contribution in [2.45, 2.75) is 17.7 Å². The zero-order valence-corrected chi connectivity index (χ0v) is 14.1. The first-order valence-corrected chi connectivity index (χ1v) is 9.03. The number of hydrogen-bond acceptors (Lipinski definition) is 3. The highest BCUT2D eigenvalue weighted by Gasteiger charge is 2.29. The lowest BCUT2D eigenvalue weighted by Gasteiger charge is -2.30. The third-order valence-electron chi connectivity index (χ3n) is 3.43. The van der Waals surface area contributed by atoms with E-state index in [1.807, 2.05) is 24.3 Å². The van der Waals surface area contributed by atoms with Gasteiger partial charge in [-0.1, -0.05) is 29.8 Å². The van der Waals surface area contributed by atoms with E-state index in [0.717, 1.165) is 24.1 Å². The van der Waals surface area contributed by atoms with Crippen molar-refractivity contribution < 1.29 is 8.42 Å². The van der Waals surface area contributed by atoms with Gasteiger partial charge in [-0.15, -0.1) is 0 Å². The second kappa shape index (κ2) is 5.59. The van der Waals surface area contributed by atoms with Crippen LogP contribution >= 0.6 is 27.5 Å². The average Bonchev–Trinajstić information content (AvgIpc) is 2.49. The standard InChI is InChI=1S/C14H12BrClN2O2S/c15-12-8-11(9-17-14(12)16)21(19,20)18-7-3-5-10-4-1-2-6-13(10)18/h1-2,4,6,8-9H,3,5,7H2. The molecule has 0 amide bonds. The van der Waals surface area contributed by atoms with Crippen molar-refractivity contribution >= 4 is 43.2 Å². The second-order valence-corrected chi connectivity index (χ2v) is 7.83. The number of hydrogen-bond donors (Lipinski definition) is 0. The Morgan fingerprint density at radius 2 is 2.05 bits per heavy atom. The van der Waals surface area contributed by atoms with Crippen molar-refractivity contribution in [3.05, 3.63) is 51.7 Å². The molecule has 0 unspecified atom stereocenters. The van der Waals surface area contributed by atoms with Crippen molar-refractivity contribution in [2.24, 2.45) is 0 Å². The predicted molar refractivity (Wildman–Crippen MR) is 86.2 cm³/mol. The van der Waals surface area contributed by atoms with Gasteiger partial charge in [0.05, 0.1) is 10.2 Å². The lowest BCUT2D eigenvalue weighted by molar-refractivity contribution is 0.586. The minimum atomic E-state index is -3.63. The summed E-state index contributed by atoms with van der Waals surface area (Å²) in [6.07, 6.45) is 2.99. The number of rotatable bonds is 2. The van der Waals surface area contributed by atoms with Gasteiger partial charge >= 0.3 is 0 Å². The van der Waals surface area contributed by atoms with Gasteiger partial charge in [-0.3, -0.25) is 4.31 Å². The Balaban J connectivity index is 2.09. The molecule has 4 nitrogen and oxygen atoms in total. The van der Waals surface area contributed by atoms with Crippen LogP contribution < -0.4 is 4.31 Å². The maximum atomic E-state index is 12.8. The minimum Gasteiger partial charge on any atom is -0.266 e. The molecule has 0 bridgehead atoms. The molecule has 3 rings (SSSR count). The van der Waals surface area contributed by atoms with E-state index in [1.54, 1.807) is 0 Å². The molecule has 0 saturated heterocycles. The topological polar surface area (TPSA) is 50.3 Å². The molecule has 0 atom stereocenters. The number of anilines is 1. The lowest BCUT2D eigenvalue weighted by atomic mass is 10.0. The number of benzene rings is 1. The fraction of sp³-hybridized carbons (Fsp3) is 0.214. The first-order valence-electron chi connectivity index (χ1n) is 6.42. The highest BCUT2D eigenvalue weighted by molar-refractivity contribution is 9.10. The number of pyridine rings is 1. The van der Waals surface area contributed by atoms with Gasteiger partial charge in [0.1, 0.15) is 10.0 Å². The van der Waals surface area contributed by atoms with Crippen LogP contribution in [0.5, 0.6) is 0 Å². The van der Waals surface area contributed by atoms with Crippen LogP contribution in [-0.4, -0.2) is 19.9 Å². The number of fused-ring (bicyclic) bond motifs is 1. The fourth-order valence-corrected chi connectivity index (χ4v) is 4.54. The molecule has 1 aromatic heterocycles. The van der Waals surface area contributed by atoms with E-state index in [-0.39, 0.29) is 10.0 Å². The molecule has 0 saturated carbocycles. The van der Waals surface area contributed by atoms with Crippen LogP contribution in [0.15, 0.2) is 45.9 Å². The van der Waals surface area contributed by atoms with Crippen molar-refractivity contribution in [1.29, 1.82) is 0 Å². The van der Waals surface area contributed by atoms with Crippen molar-refractivity contribution in [3.8, 4) is 0 Å². The molecule has 2 heterocycles. The summed E-state index contributed by atoms with van der Waals surface area (Å²) in [5.41, 5.74) is 1.79. The van der Waals surface area contributed by atoms with E-state index in [0.29, 0.717) is 11.0 Å². The van der Waals surface area contributed by atoms with E-state index in [2.05, 4.69) is 20.9 Å². The first-order chi connectivity index (χ1) is 10.00. The third kappa shape index (κ3) is 2.67. The molecule has 21 heavy (non-hydrogen) atoms. The average molecular weight is 388 g/mol. The number of aromatic nitrogens is 1. The molecule has 0 N–H and O–H groups in total. The number of halogens is 2. The Kier molecular flexibility index (Phi) is 3.94. The molecule has 1 aliphatic heterocycles. The highest BCUT2D eigenvalue weighted by atomic mass is 79.9. The molecular formula is C14H12BrClN2O2S. The Morgan fingerprint density at radius 3 is 2.81 bits per heavy atom. The molecule has 1 aromatic carbocycles. The monoisotopic (exact) mass is 386 g/mol. The van der Waals surface area contributed by atoms with E-state index in [4.69, 9.17) is 11.6 Å². The van der Waals surface area contributed by atoms with E-state index in [1.165, 1.54) is 16.6 Å². The number of para-hydroxylation sites is 1. The summed E-state index contributed by atoms with van der Waals surface area (Å²) >= 11 is 9.05. The van der Waals surface area contributed by atoms with Crippen LogP contribution in [-0.2, 0) is 16.4 Å². The van der Waals surface area contributed by atoms with E-state index in [9.17, 15) is 8.42 Å². The summed E-state index contributed by atoms with van der Waals surface area (Å²) in [4.78, 5) is 4.04. The minimum absolute atomic E-state index is 0.135. The van der Waals surface area contributed by atoms with Gasteiger partial charge in [-0.2, -0.15) is 0 Å². The summed E-state index contributed by atoms with van der Waals surface area (Å²) in [5, 5.41) is 0.244. The SMILES string of the molecule is O=S(=O)(c1cnc(Cl)c(Br)c1)N1CCCc2ccccc21. The third-order valence-corrected chi connectivity index (χ3v) is 6.34. The molecular weight excluding hydrogens is 376 g/mol. The van der Waals surface area contributed by atoms with Crippen molar-refractivity contribution in [2.75, 3.05) is 10.8 Å².